The van der Waals surface area contributed by atoms with Crippen LogP contribution in [0.4, 0.5) is 0 Å². The van der Waals surface area contributed by atoms with Gasteiger partial charge in [-0.3, -0.25) is 9.69 Å². The molecule has 1 amide bonds. The molecule has 30 heavy (non-hydrogen) atoms. The molecule has 0 atom stereocenters. The summed E-state index contributed by atoms with van der Waals surface area (Å²) in [6.07, 6.45) is 0. The fraction of sp³-hybridized carbons (Fsp3) is 0.381. The van der Waals surface area contributed by atoms with Crippen LogP contribution in [-0.2, 0) is 10.0 Å². The van der Waals surface area contributed by atoms with Gasteiger partial charge in [-0.2, -0.15) is 4.31 Å². The maximum Gasteiger partial charge on any atom is 0.255 e. The van der Waals surface area contributed by atoms with Gasteiger partial charge in [-0.25, -0.2) is 8.42 Å². The summed E-state index contributed by atoms with van der Waals surface area (Å²) in [7, 11) is -1.97. The number of aryl methyl sites for hydroxylation is 1. The predicted octanol–water partition coefficient (Wildman–Crippen LogP) is 2.39. The van der Waals surface area contributed by atoms with Crippen molar-refractivity contribution in [3.63, 3.8) is 0 Å². The lowest BCUT2D eigenvalue weighted by atomic mass is 10.2. The number of nitrogens with one attached hydrogen (secondary N) is 1. The average Bonchev–Trinajstić information content (AvgIpc) is 2.74. The normalized spacial score (nSPS) is 15.7. The minimum Gasteiger partial charge on any atom is -0.496 e. The van der Waals surface area contributed by atoms with E-state index in [9.17, 15) is 13.2 Å². The van der Waals surface area contributed by atoms with Gasteiger partial charge in [0.15, 0.2) is 0 Å². The van der Waals surface area contributed by atoms with E-state index in [1.165, 1.54) is 11.4 Å². The van der Waals surface area contributed by atoms with Gasteiger partial charge in [0.05, 0.1) is 17.6 Å². The number of piperazine rings is 1. The predicted molar refractivity (Wildman–Crippen MR) is 117 cm³/mol. The molecule has 0 aliphatic carbocycles. The van der Waals surface area contributed by atoms with Crippen molar-refractivity contribution in [3.05, 3.63) is 58.6 Å². The van der Waals surface area contributed by atoms with E-state index in [1.54, 1.807) is 42.5 Å². The molecule has 9 heteroatoms. The zero-order chi connectivity index (χ0) is 21.7. The summed E-state index contributed by atoms with van der Waals surface area (Å²) in [4.78, 5) is 14.9. The first-order valence-corrected chi connectivity index (χ1v) is 11.5. The zero-order valence-corrected chi connectivity index (χ0v) is 18.7. The van der Waals surface area contributed by atoms with Gasteiger partial charge in [0.1, 0.15) is 5.75 Å². The molecule has 0 bridgehead atoms. The first-order valence-electron chi connectivity index (χ1n) is 9.72. The van der Waals surface area contributed by atoms with Crippen molar-refractivity contribution in [2.24, 2.45) is 0 Å². The van der Waals surface area contributed by atoms with Crippen LogP contribution in [0.15, 0.2) is 47.4 Å². The van der Waals surface area contributed by atoms with E-state index in [-0.39, 0.29) is 5.91 Å². The number of sulfonamides is 1. The lowest BCUT2D eigenvalue weighted by molar-refractivity contribution is 0.0942. The third kappa shape index (κ3) is 5.31. The minimum atomic E-state index is -3.47. The molecule has 0 aromatic heterocycles. The van der Waals surface area contributed by atoms with E-state index in [1.807, 2.05) is 6.92 Å². The van der Waals surface area contributed by atoms with E-state index in [4.69, 9.17) is 16.3 Å². The van der Waals surface area contributed by atoms with E-state index < -0.39 is 10.0 Å². The monoisotopic (exact) mass is 451 g/mol. The summed E-state index contributed by atoms with van der Waals surface area (Å²) in [5, 5.41) is 3.33. The first kappa shape index (κ1) is 22.6. The Morgan fingerprint density at radius 3 is 2.40 bits per heavy atom. The molecule has 1 heterocycles. The van der Waals surface area contributed by atoms with Crippen molar-refractivity contribution in [1.29, 1.82) is 0 Å². The van der Waals surface area contributed by atoms with Crippen LogP contribution in [0.2, 0.25) is 5.02 Å². The van der Waals surface area contributed by atoms with Gasteiger partial charge in [-0.05, 0) is 37.3 Å². The summed E-state index contributed by atoms with van der Waals surface area (Å²) >= 11 is 5.98. The highest BCUT2D eigenvalue weighted by Gasteiger charge is 2.28. The van der Waals surface area contributed by atoms with Crippen molar-refractivity contribution in [1.82, 2.24) is 14.5 Å². The van der Waals surface area contributed by atoms with Gasteiger partial charge in [0.2, 0.25) is 10.0 Å². The van der Waals surface area contributed by atoms with Crippen LogP contribution in [-0.4, -0.2) is 69.9 Å². The van der Waals surface area contributed by atoms with Crippen LogP contribution in [0.3, 0.4) is 0 Å². The van der Waals surface area contributed by atoms with Gasteiger partial charge in [0.25, 0.3) is 5.91 Å². The highest BCUT2D eigenvalue weighted by Crippen LogP contribution is 2.22. The summed E-state index contributed by atoms with van der Waals surface area (Å²) in [6, 6.07) is 11.8. The van der Waals surface area contributed by atoms with Crippen LogP contribution in [0.25, 0.3) is 0 Å². The molecule has 1 aliphatic rings. The molecule has 1 N–H and O–H groups in total. The summed E-state index contributed by atoms with van der Waals surface area (Å²) < 4.78 is 32.3. The summed E-state index contributed by atoms with van der Waals surface area (Å²) in [6.45, 7) is 5.07. The van der Waals surface area contributed by atoms with Crippen molar-refractivity contribution >= 4 is 27.5 Å². The zero-order valence-electron chi connectivity index (χ0n) is 17.1. The van der Waals surface area contributed by atoms with Crippen molar-refractivity contribution in [2.45, 2.75) is 11.8 Å². The fourth-order valence-electron chi connectivity index (χ4n) is 3.33. The Bertz CT molecular complexity index is 988. The van der Waals surface area contributed by atoms with Crippen LogP contribution >= 0.6 is 11.6 Å². The minimum absolute atomic E-state index is 0.255. The van der Waals surface area contributed by atoms with Crippen LogP contribution in [0.5, 0.6) is 5.75 Å². The molecule has 162 valence electrons. The Morgan fingerprint density at radius 1 is 1.10 bits per heavy atom. The Hall–Kier alpha value is -2.13. The molecule has 0 spiro atoms. The Morgan fingerprint density at radius 2 is 1.77 bits per heavy atom. The second kappa shape index (κ2) is 9.78. The lowest BCUT2D eigenvalue weighted by Gasteiger charge is -2.34. The van der Waals surface area contributed by atoms with E-state index in [0.717, 1.165) is 5.56 Å². The number of ether oxygens (including phenoxy) is 1. The summed E-state index contributed by atoms with van der Waals surface area (Å²) in [5.41, 5.74) is 1.41. The van der Waals surface area contributed by atoms with Gasteiger partial charge < -0.3 is 10.1 Å². The molecule has 0 unspecified atom stereocenters. The number of nitrogens with zero attached hydrogens (tertiary/aromatic N) is 2. The number of amides is 1. The van der Waals surface area contributed by atoms with Gasteiger partial charge in [-0.1, -0.05) is 29.3 Å². The standard InChI is InChI=1S/C21H26ClN3O4S/c1-16-3-6-18(7-4-16)30(27,28)25-13-11-24(12-14-25)10-9-23-21(26)19-15-17(22)5-8-20(19)29-2/h3-8,15H,9-14H2,1-2H3,(H,23,26). The maximum absolute atomic E-state index is 12.8. The molecule has 3 rings (SSSR count). The number of hydrogen-bond acceptors (Lipinski definition) is 5. The van der Waals surface area contributed by atoms with Crippen LogP contribution in [0, 0.1) is 6.92 Å². The van der Waals surface area contributed by atoms with E-state index in [2.05, 4.69) is 10.2 Å². The van der Waals surface area contributed by atoms with Crippen molar-refractivity contribution in [3.8, 4) is 5.75 Å². The topological polar surface area (TPSA) is 79.0 Å². The molecule has 2 aromatic carbocycles. The SMILES string of the molecule is COc1ccc(Cl)cc1C(=O)NCCN1CCN(S(=O)(=O)c2ccc(C)cc2)CC1. The molecular formula is C21H26ClN3O4S. The van der Waals surface area contributed by atoms with Gasteiger partial charge >= 0.3 is 0 Å². The highest BCUT2D eigenvalue weighted by atomic mass is 35.5. The number of hydrogen-bond donors (Lipinski definition) is 1. The Balaban J connectivity index is 1.49. The quantitative estimate of drug-likeness (QED) is 0.699. The molecule has 0 saturated carbocycles. The molecule has 1 aliphatic heterocycles. The van der Waals surface area contributed by atoms with Crippen LogP contribution < -0.4 is 10.1 Å². The van der Waals surface area contributed by atoms with Crippen molar-refractivity contribution < 1.29 is 17.9 Å². The van der Waals surface area contributed by atoms with Crippen molar-refractivity contribution in [2.75, 3.05) is 46.4 Å². The third-order valence-corrected chi connectivity index (χ3v) is 7.26. The summed E-state index contributed by atoms with van der Waals surface area (Å²) in [5.74, 6) is 0.210. The second-order valence-electron chi connectivity index (χ2n) is 7.16. The molecule has 7 nitrogen and oxygen atoms in total. The Labute approximate surface area is 182 Å². The first-order chi connectivity index (χ1) is 14.3. The number of benzene rings is 2. The number of halogens is 1. The molecule has 1 saturated heterocycles. The number of carbonyl (C=O) groups is 1. The van der Waals surface area contributed by atoms with E-state index in [0.29, 0.717) is 60.5 Å². The molecule has 0 radical (unpaired) electrons. The number of carbonyl (C=O) groups excluding carboxylic acids is 1. The van der Waals surface area contributed by atoms with Gasteiger partial charge in [0, 0.05) is 44.3 Å². The van der Waals surface area contributed by atoms with Crippen LogP contribution in [0.1, 0.15) is 15.9 Å². The molecule has 2 aromatic rings. The largest absolute Gasteiger partial charge is 0.496 e. The highest BCUT2D eigenvalue weighted by molar-refractivity contribution is 7.89. The fourth-order valence-corrected chi connectivity index (χ4v) is 4.93. The lowest BCUT2D eigenvalue weighted by Crippen LogP contribution is -2.50. The number of rotatable bonds is 7. The molecule has 1 fully saturated rings. The smallest absolute Gasteiger partial charge is 0.255 e. The number of methoxy groups -OCH3 is 1. The van der Waals surface area contributed by atoms with Gasteiger partial charge in [-0.15, -0.1) is 0 Å². The maximum atomic E-state index is 12.8. The van der Waals surface area contributed by atoms with E-state index >= 15 is 0 Å². The third-order valence-electron chi connectivity index (χ3n) is 5.11. The Kier molecular flexibility index (Phi) is 7.36. The second-order valence-corrected chi connectivity index (χ2v) is 9.53. The average molecular weight is 452 g/mol. The molecular weight excluding hydrogens is 426 g/mol.